The van der Waals surface area contributed by atoms with Crippen LogP contribution in [0.4, 0.5) is 0 Å². The van der Waals surface area contributed by atoms with Gasteiger partial charge in [0.2, 0.25) is 0 Å². The summed E-state index contributed by atoms with van der Waals surface area (Å²) in [4.78, 5) is 3.32. The van der Waals surface area contributed by atoms with Crippen molar-refractivity contribution in [2.75, 3.05) is 13.7 Å². The van der Waals surface area contributed by atoms with E-state index in [1.54, 1.807) is 7.11 Å². The molecule has 2 rings (SSSR count). The molecule has 0 bridgehead atoms. The first-order valence-electron chi connectivity index (χ1n) is 5.22. The molecule has 0 atom stereocenters. The summed E-state index contributed by atoms with van der Waals surface area (Å²) in [6, 6.07) is 3.80. The van der Waals surface area contributed by atoms with E-state index >= 15 is 0 Å². The first kappa shape index (κ1) is 11.3. The minimum absolute atomic E-state index is 0.615. The van der Waals surface area contributed by atoms with Gasteiger partial charge in [0.1, 0.15) is 5.75 Å². The Balaban J connectivity index is 2.77. The molecule has 0 aliphatic rings. The largest absolute Gasteiger partial charge is 0.494 e. The summed E-state index contributed by atoms with van der Waals surface area (Å²) in [5.41, 5.74) is 8.98. The molecule has 1 aromatic heterocycles. The normalized spacial score (nSPS) is 11.0. The van der Waals surface area contributed by atoms with Crippen LogP contribution in [0.3, 0.4) is 0 Å². The molecule has 0 radical (unpaired) electrons. The third-order valence-electron chi connectivity index (χ3n) is 2.78. The zero-order chi connectivity index (χ0) is 11.7. The third kappa shape index (κ3) is 1.66. The van der Waals surface area contributed by atoms with Crippen LogP contribution >= 0.6 is 11.6 Å². The van der Waals surface area contributed by atoms with Crippen molar-refractivity contribution in [2.45, 2.75) is 13.3 Å². The molecule has 3 nitrogen and oxygen atoms in total. The summed E-state index contributed by atoms with van der Waals surface area (Å²) < 4.78 is 5.37. The summed E-state index contributed by atoms with van der Waals surface area (Å²) in [5, 5.41) is 1.69. The molecule has 86 valence electrons. The van der Waals surface area contributed by atoms with Gasteiger partial charge >= 0.3 is 0 Å². The van der Waals surface area contributed by atoms with Gasteiger partial charge in [-0.15, -0.1) is 0 Å². The zero-order valence-electron chi connectivity index (χ0n) is 9.43. The smallest absolute Gasteiger partial charge is 0.147 e. The standard InChI is InChI=1S/C12H15ClN2O/c1-7-8(5-6-14)11-10(15-7)4-3-9(13)12(11)16-2/h3-4,15H,5-6,14H2,1-2H3. The van der Waals surface area contributed by atoms with E-state index in [1.807, 2.05) is 19.1 Å². The summed E-state index contributed by atoms with van der Waals surface area (Å²) in [6.45, 7) is 2.65. The van der Waals surface area contributed by atoms with Crippen LogP contribution in [0.5, 0.6) is 5.75 Å². The van der Waals surface area contributed by atoms with Crippen molar-refractivity contribution in [3.05, 3.63) is 28.4 Å². The number of halogens is 1. The van der Waals surface area contributed by atoms with Crippen LogP contribution in [0.2, 0.25) is 5.02 Å². The highest BCUT2D eigenvalue weighted by Gasteiger charge is 2.14. The maximum Gasteiger partial charge on any atom is 0.147 e. The van der Waals surface area contributed by atoms with Gasteiger partial charge in [0.15, 0.2) is 0 Å². The predicted molar refractivity (Wildman–Crippen MR) is 67.4 cm³/mol. The molecule has 1 heterocycles. The molecule has 2 aromatic rings. The topological polar surface area (TPSA) is 51.0 Å². The number of aryl methyl sites for hydroxylation is 1. The Kier molecular flexibility index (Phi) is 3.08. The fourth-order valence-corrected chi connectivity index (χ4v) is 2.32. The highest BCUT2D eigenvalue weighted by atomic mass is 35.5. The van der Waals surface area contributed by atoms with Crippen LogP contribution in [0.15, 0.2) is 12.1 Å². The molecule has 0 spiro atoms. The second kappa shape index (κ2) is 4.36. The van der Waals surface area contributed by atoms with Crippen LogP contribution in [-0.2, 0) is 6.42 Å². The van der Waals surface area contributed by atoms with Crippen molar-refractivity contribution in [3.8, 4) is 5.75 Å². The lowest BCUT2D eigenvalue weighted by Crippen LogP contribution is -2.03. The third-order valence-corrected chi connectivity index (χ3v) is 3.08. The van der Waals surface area contributed by atoms with Gasteiger partial charge in [0.25, 0.3) is 0 Å². The number of nitrogens with one attached hydrogen (secondary N) is 1. The number of aromatic nitrogens is 1. The first-order valence-corrected chi connectivity index (χ1v) is 5.60. The second-order valence-corrected chi connectivity index (χ2v) is 4.18. The van der Waals surface area contributed by atoms with Crippen LogP contribution in [0.1, 0.15) is 11.3 Å². The fraction of sp³-hybridized carbons (Fsp3) is 0.333. The Morgan fingerprint density at radius 3 is 2.81 bits per heavy atom. The lowest BCUT2D eigenvalue weighted by molar-refractivity contribution is 0.420. The van der Waals surface area contributed by atoms with E-state index in [0.29, 0.717) is 11.6 Å². The van der Waals surface area contributed by atoms with Crippen molar-refractivity contribution in [3.63, 3.8) is 0 Å². The number of aromatic amines is 1. The van der Waals surface area contributed by atoms with Gasteiger partial charge in [0, 0.05) is 16.6 Å². The van der Waals surface area contributed by atoms with Crippen molar-refractivity contribution in [2.24, 2.45) is 5.73 Å². The van der Waals surface area contributed by atoms with E-state index in [0.717, 1.165) is 28.8 Å². The quantitative estimate of drug-likeness (QED) is 0.864. The zero-order valence-corrected chi connectivity index (χ0v) is 10.2. The van der Waals surface area contributed by atoms with Crippen LogP contribution in [-0.4, -0.2) is 18.6 Å². The van der Waals surface area contributed by atoms with Gasteiger partial charge in [-0.2, -0.15) is 0 Å². The minimum Gasteiger partial charge on any atom is -0.494 e. The Morgan fingerprint density at radius 2 is 2.19 bits per heavy atom. The van der Waals surface area contributed by atoms with Crippen molar-refractivity contribution in [1.82, 2.24) is 4.98 Å². The lowest BCUT2D eigenvalue weighted by atomic mass is 10.1. The number of hydrogen-bond acceptors (Lipinski definition) is 2. The van der Waals surface area contributed by atoms with Crippen molar-refractivity contribution < 1.29 is 4.74 Å². The van der Waals surface area contributed by atoms with Gasteiger partial charge in [-0.25, -0.2) is 0 Å². The number of benzene rings is 1. The molecule has 0 saturated heterocycles. The number of fused-ring (bicyclic) bond motifs is 1. The van der Waals surface area contributed by atoms with Crippen LogP contribution in [0.25, 0.3) is 10.9 Å². The summed E-state index contributed by atoms with van der Waals surface area (Å²) >= 11 is 6.11. The predicted octanol–water partition coefficient (Wildman–Crippen LogP) is 2.64. The van der Waals surface area contributed by atoms with E-state index in [-0.39, 0.29) is 0 Å². The SMILES string of the molecule is COc1c(Cl)ccc2[nH]c(C)c(CCN)c12. The maximum atomic E-state index is 6.11. The number of rotatable bonds is 3. The highest BCUT2D eigenvalue weighted by Crippen LogP contribution is 2.36. The van der Waals surface area contributed by atoms with E-state index < -0.39 is 0 Å². The van der Waals surface area contributed by atoms with Gasteiger partial charge in [0.05, 0.1) is 12.1 Å². The average molecular weight is 239 g/mol. The van der Waals surface area contributed by atoms with E-state index in [4.69, 9.17) is 22.1 Å². The van der Waals surface area contributed by atoms with Crippen LogP contribution < -0.4 is 10.5 Å². The van der Waals surface area contributed by atoms with Crippen LogP contribution in [0, 0.1) is 6.92 Å². The summed E-state index contributed by atoms with van der Waals surface area (Å²) in [5.74, 6) is 0.729. The van der Waals surface area contributed by atoms with E-state index in [9.17, 15) is 0 Å². The van der Waals surface area contributed by atoms with Gasteiger partial charge < -0.3 is 15.5 Å². The Morgan fingerprint density at radius 1 is 1.44 bits per heavy atom. The monoisotopic (exact) mass is 238 g/mol. The molecule has 3 N–H and O–H groups in total. The minimum atomic E-state index is 0.615. The Labute approximate surface area is 99.5 Å². The Bertz CT molecular complexity index is 519. The summed E-state index contributed by atoms with van der Waals surface area (Å²) in [7, 11) is 1.63. The lowest BCUT2D eigenvalue weighted by Gasteiger charge is -2.06. The molecule has 0 fully saturated rings. The van der Waals surface area contributed by atoms with Gasteiger partial charge in [-0.3, -0.25) is 0 Å². The molecule has 0 aliphatic heterocycles. The number of ether oxygens (including phenoxy) is 1. The number of hydrogen-bond donors (Lipinski definition) is 2. The van der Waals surface area contributed by atoms with Crippen molar-refractivity contribution in [1.29, 1.82) is 0 Å². The van der Waals surface area contributed by atoms with Gasteiger partial charge in [-0.1, -0.05) is 11.6 Å². The molecule has 0 amide bonds. The fourth-order valence-electron chi connectivity index (χ4n) is 2.08. The van der Waals surface area contributed by atoms with E-state index in [2.05, 4.69) is 4.98 Å². The number of H-pyrrole nitrogens is 1. The number of methoxy groups -OCH3 is 1. The van der Waals surface area contributed by atoms with Gasteiger partial charge in [-0.05, 0) is 37.6 Å². The molecule has 0 saturated carbocycles. The van der Waals surface area contributed by atoms with Crippen molar-refractivity contribution >= 4 is 22.5 Å². The Hall–Kier alpha value is -1.19. The van der Waals surface area contributed by atoms with E-state index in [1.165, 1.54) is 5.56 Å². The molecule has 0 aliphatic carbocycles. The first-order chi connectivity index (χ1) is 7.69. The molecule has 16 heavy (non-hydrogen) atoms. The maximum absolute atomic E-state index is 6.11. The molecular weight excluding hydrogens is 224 g/mol. The number of nitrogens with two attached hydrogens (primary N) is 1. The molecule has 4 heteroatoms. The molecule has 0 unspecified atom stereocenters. The molecular formula is C12H15ClN2O. The summed E-state index contributed by atoms with van der Waals surface area (Å²) in [6.07, 6.45) is 0.822. The highest BCUT2D eigenvalue weighted by molar-refractivity contribution is 6.33. The second-order valence-electron chi connectivity index (χ2n) is 3.77. The molecule has 1 aromatic carbocycles. The average Bonchev–Trinajstić information content (AvgIpc) is 2.57.